The molecular formula is C24H34N6O4. The number of fused-ring (bicyclic) bond motifs is 1. The van der Waals surface area contributed by atoms with Crippen LogP contribution in [0.25, 0.3) is 0 Å². The smallest absolute Gasteiger partial charge is 0.337 e. The standard InChI is InChI=1S/C24H34N6O4/c1-16(2)14-19(25-21(31)15-28(3)4)22-27-26-20-10-11-29(12-13-30(20)22)23(32)17-6-8-18(9-7-17)24(33)34-5/h6-9,16,19H,10-15H2,1-5H3,(H,25,31)/t19-/m1/s1. The zero-order chi connectivity index (χ0) is 24.8. The van der Waals surface area contributed by atoms with Gasteiger partial charge in [-0.25, -0.2) is 4.79 Å². The highest BCUT2D eigenvalue weighted by atomic mass is 16.5. The Morgan fingerprint density at radius 1 is 1.06 bits per heavy atom. The van der Waals surface area contributed by atoms with E-state index in [1.165, 1.54) is 7.11 Å². The average Bonchev–Trinajstić information content (AvgIpc) is 3.08. The number of likely N-dealkylation sites (N-methyl/N-ethyl adjacent to an activating group) is 1. The minimum Gasteiger partial charge on any atom is -0.465 e. The molecule has 1 atom stereocenters. The molecule has 1 N–H and O–H groups in total. The Morgan fingerprint density at radius 2 is 1.74 bits per heavy atom. The number of carbonyl (C=O) groups excluding carboxylic acids is 3. The Hall–Kier alpha value is -3.27. The quantitative estimate of drug-likeness (QED) is 0.583. The zero-order valence-corrected chi connectivity index (χ0v) is 20.6. The number of hydrogen-bond acceptors (Lipinski definition) is 7. The van der Waals surface area contributed by atoms with Crippen LogP contribution in [0.15, 0.2) is 24.3 Å². The maximum atomic E-state index is 13.1. The van der Waals surface area contributed by atoms with Crippen LogP contribution in [0.3, 0.4) is 0 Å². The summed E-state index contributed by atoms with van der Waals surface area (Å²) in [4.78, 5) is 40.8. The Morgan fingerprint density at radius 3 is 2.35 bits per heavy atom. The van der Waals surface area contributed by atoms with Crippen LogP contribution in [0.5, 0.6) is 0 Å². The molecule has 0 bridgehead atoms. The summed E-state index contributed by atoms with van der Waals surface area (Å²) in [5.74, 6) is 1.29. The zero-order valence-electron chi connectivity index (χ0n) is 20.6. The van der Waals surface area contributed by atoms with Gasteiger partial charge in [0.15, 0.2) is 5.82 Å². The largest absolute Gasteiger partial charge is 0.465 e. The minimum atomic E-state index is -0.437. The maximum absolute atomic E-state index is 13.1. The number of benzene rings is 1. The van der Waals surface area contributed by atoms with Crippen LogP contribution in [0, 0.1) is 5.92 Å². The number of methoxy groups -OCH3 is 1. The van der Waals surface area contributed by atoms with Crippen molar-refractivity contribution in [3.8, 4) is 0 Å². The van der Waals surface area contributed by atoms with Gasteiger partial charge in [0, 0.05) is 31.6 Å². The molecule has 2 amide bonds. The molecule has 1 aliphatic heterocycles. The number of nitrogens with zero attached hydrogens (tertiary/aromatic N) is 5. The molecule has 184 valence electrons. The molecular weight excluding hydrogens is 436 g/mol. The first-order valence-electron chi connectivity index (χ1n) is 11.5. The first-order chi connectivity index (χ1) is 16.2. The van der Waals surface area contributed by atoms with Crippen molar-refractivity contribution in [2.45, 2.75) is 39.3 Å². The topological polar surface area (TPSA) is 110 Å². The molecule has 0 spiro atoms. The Labute approximate surface area is 200 Å². The predicted octanol–water partition coefficient (Wildman–Crippen LogP) is 1.53. The summed E-state index contributed by atoms with van der Waals surface area (Å²) in [6.07, 6.45) is 1.31. The van der Waals surface area contributed by atoms with Gasteiger partial charge in [0.25, 0.3) is 5.91 Å². The van der Waals surface area contributed by atoms with Crippen molar-refractivity contribution in [2.75, 3.05) is 40.8 Å². The first kappa shape index (κ1) is 25.4. The molecule has 2 heterocycles. The summed E-state index contributed by atoms with van der Waals surface area (Å²) >= 11 is 0. The molecule has 0 aliphatic carbocycles. The monoisotopic (exact) mass is 470 g/mol. The number of carbonyl (C=O) groups is 3. The molecule has 0 saturated carbocycles. The summed E-state index contributed by atoms with van der Waals surface area (Å²) in [5, 5.41) is 11.9. The molecule has 0 radical (unpaired) electrons. The molecule has 1 aromatic carbocycles. The second-order valence-electron chi connectivity index (χ2n) is 9.22. The van der Waals surface area contributed by atoms with Crippen LogP contribution in [-0.4, -0.2) is 83.2 Å². The van der Waals surface area contributed by atoms with Crippen LogP contribution in [0.4, 0.5) is 0 Å². The summed E-state index contributed by atoms with van der Waals surface area (Å²) in [6, 6.07) is 6.23. The Balaban J connectivity index is 1.74. The summed E-state index contributed by atoms with van der Waals surface area (Å²) in [5.41, 5.74) is 0.914. The van der Waals surface area contributed by atoms with Crippen molar-refractivity contribution < 1.29 is 19.1 Å². The highest BCUT2D eigenvalue weighted by molar-refractivity contribution is 5.96. The Kier molecular flexibility index (Phi) is 8.38. The molecule has 10 heteroatoms. The van der Waals surface area contributed by atoms with Gasteiger partial charge in [-0.2, -0.15) is 0 Å². The molecule has 0 unspecified atom stereocenters. The molecule has 0 fully saturated rings. The van der Waals surface area contributed by atoms with Crippen LogP contribution >= 0.6 is 0 Å². The minimum absolute atomic E-state index is 0.0613. The van der Waals surface area contributed by atoms with E-state index < -0.39 is 5.97 Å². The van der Waals surface area contributed by atoms with E-state index in [1.807, 2.05) is 23.6 Å². The van der Waals surface area contributed by atoms with Crippen LogP contribution in [0.2, 0.25) is 0 Å². The molecule has 10 nitrogen and oxygen atoms in total. The third-order valence-electron chi connectivity index (χ3n) is 5.71. The molecule has 1 aliphatic rings. The predicted molar refractivity (Wildman–Crippen MR) is 126 cm³/mol. The second kappa shape index (κ2) is 11.2. The van der Waals surface area contributed by atoms with Crippen LogP contribution in [0.1, 0.15) is 58.7 Å². The molecule has 2 aromatic rings. The summed E-state index contributed by atoms with van der Waals surface area (Å²) < 4.78 is 6.75. The van der Waals surface area contributed by atoms with E-state index in [0.717, 1.165) is 18.1 Å². The molecule has 1 aromatic heterocycles. The fourth-order valence-electron chi connectivity index (χ4n) is 4.08. The van der Waals surface area contributed by atoms with E-state index in [-0.39, 0.29) is 17.9 Å². The molecule has 34 heavy (non-hydrogen) atoms. The number of ether oxygens (including phenoxy) is 1. The van der Waals surface area contributed by atoms with Crippen molar-refractivity contribution in [1.29, 1.82) is 0 Å². The van der Waals surface area contributed by atoms with E-state index in [2.05, 4.69) is 29.4 Å². The van der Waals surface area contributed by atoms with Gasteiger partial charge >= 0.3 is 5.97 Å². The van der Waals surface area contributed by atoms with Gasteiger partial charge in [-0.05, 0) is 50.7 Å². The van der Waals surface area contributed by atoms with Crippen molar-refractivity contribution >= 4 is 17.8 Å². The van der Waals surface area contributed by atoms with Crippen molar-refractivity contribution in [2.24, 2.45) is 5.92 Å². The summed E-state index contributed by atoms with van der Waals surface area (Å²) in [7, 11) is 5.04. The number of nitrogens with one attached hydrogen (secondary N) is 1. The third-order valence-corrected chi connectivity index (χ3v) is 5.71. The summed E-state index contributed by atoms with van der Waals surface area (Å²) in [6.45, 7) is 6.06. The molecule has 0 saturated heterocycles. The number of hydrogen-bond donors (Lipinski definition) is 1. The number of rotatable bonds is 8. The number of aromatic nitrogens is 3. The lowest BCUT2D eigenvalue weighted by Gasteiger charge is -2.23. The van der Waals surface area contributed by atoms with Gasteiger partial charge in [0.1, 0.15) is 5.82 Å². The van der Waals surface area contributed by atoms with Crippen LogP contribution < -0.4 is 5.32 Å². The van der Waals surface area contributed by atoms with Gasteiger partial charge in [-0.3, -0.25) is 9.59 Å². The highest BCUT2D eigenvalue weighted by Gasteiger charge is 2.27. The fourth-order valence-corrected chi connectivity index (χ4v) is 4.08. The lowest BCUT2D eigenvalue weighted by atomic mass is 10.0. The number of esters is 1. The maximum Gasteiger partial charge on any atom is 0.337 e. The lowest BCUT2D eigenvalue weighted by molar-refractivity contribution is -0.122. The van der Waals surface area contributed by atoms with E-state index >= 15 is 0 Å². The van der Waals surface area contributed by atoms with Crippen molar-refractivity contribution in [3.05, 3.63) is 47.0 Å². The van der Waals surface area contributed by atoms with Gasteiger partial charge in [0.2, 0.25) is 5.91 Å². The fraction of sp³-hybridized carbons (Fsp3) is 0.542. The van der Waals surface area contributed by atoms with Crippen molar-refractivity contribution in [3.63, 3.8) is 0 Å². The van der Waals surface area contributed by atoms with E-state index in [1.54, 1.807) is 29.2 Å². The van der Waals surface area contributed by atoms with Crippen LogP contribution in [-0.2, 0) is 22.5 Å². The first-order valence-corrected chi connectivity index (χ1v) is 11.5. The third kappa shape index (κ3) is 6.19. The van der Waals surface area contributed by atoms with Gasteiger partial charge < -0.3 is 24.4 Å². The normalized spacial score (nSPS) is 14.5. The van der Waals surface area contributed by atoms with E-state index in [0.29, 0.717) is 49.6 Å². The SMILES string of the molecule is COC(=O)c1ccc(C(=O)N2CCc3nnc([C@@H](CC(C)C)NC(=O)CN(C)C)n3CC2)cc1. The average molecular weight is 471 g/mol. The van der Waals surface area contributed by atoms with Gasteiger partial charge in [-0.15, -0.1) is 10.2 Å². The lowest BCUT2D eigenvalue weighted by Crippen LogP contribution is -2.38. The van der Waals surface area contributed by atoms with Gasteiger partial charge in [-0.1, -0.05) is 13.8 Å². The second-order valence-corrected chi connectivity index (χ2v) is 9.22. The molecule has 3 rings (SSSR count). The number of amides is 2. The van der Waals surface area contributed by atoms with Gasteiger partial charge in [0.05, 0.1) is 25.3 Å². The highest BCUT2D eigenvalue weighted by Crippen LogP contribution is 2.23. The van der Waals surface area contributed by atoms with E-state index in [4.69, 9.17) is 4.74 Å². The van der Waals surface area contributed by atoms with E-state index in [9.17, 15) is 14.4 Å². The van der Waals surface area contributed by atoms with Crippen molar-refractivity contribution in [1.82, 2.24) is 29.9 Å². The Bertz CT molecular complexity index is 1010.